The predicted molar refractivity (Wildman–Crippen MR) is 226 cm³/mol. The smallest absolute Gasteiger partial charge is 0.410 e. The summed E-state index contributed by atoms with van der Waals surface area (Å²) in [6.45, 7) is 16.3. The summed E-state index contributed by atoms with van der Waals surface area (Å²) in [5.41, 5.74) is -0.0133. The Morgan fingerprint density at radius 2 is 1.15 bits per heavy atom. The zero-order chi connectivity index (χ0) is 44.9. The van der Waals surface area contributed by atoms with E-state index in [1.54, 1.807) is 4.90 Å². The van der Waals surface area contributed by atoms with E-state index in [1.165, 1.54) is 0 Å². The molecule has 354 valence electrons. The average molecular weight is 886 g/mol. The van der Waals surface area contributed by atoms with Gasteiger partial charge in [-0.3, -0.25) is 19.4 Å². The molecule has 0 radical (unpaired) electrons. The number of alkyl halides is 4. The maximum atomic E-state index is 13.7. The molecule has 1 atom stereocenters. The van der Waals surface area contributed by atoms with E-state index in [4.69, 9.17) is 14.2 Å². The van der Waals surface area contributed by atoms with Crippen LogP contribution in [0.1, 0.15) is 137 Å². The first-order chi connectivity index (χ1) is 29.2. The van der Waals surface area contributed by atoms with E-state index in [0.29, 0.717) is 75.3 Å². The Morgan fingerprint density at radius 3 is 1.65 bits per heavy atom. The van der Waals surface area contributed by atoms with Crippen molar-refractivity contribution in [3.05, 3.63) is 0 Å². The van der Waals surface area contributed by atoms with Gasteiger partial charge < -0.3 is 28.9 Å². The summed E-state index contributed by atoms with van der Waals surface area (Å²) in [7, 11) is 0. The molecular weight excluding hydrogens is 811 g/mol. The van der Waals surface area contributed by atoms with Crippen LogP contribution in [-0.2, 0) is 23.8 Å². The van der Waals surface area contributed by atoms with Gasteiger partial charge in [-0.25, -0.2) is 27.2 Å². The Kier molecular flexibility index (Phi) is 15.9. The molecule has 0 bridgehead atoms. The molecule has 3 saturated carbocycles. The minimum Gasteiger partial charge on any atom is -0.466 e. The second-order valence-electron chi connectivity index (χ2n) is 20.8. The van der Waals surface area contributed by atoms with Crippen LogP contribution in [0.25, 0.3) is 0 Å². The van der Waals surface area contributed by atoms with Crippen molar-refractivity contribution in [2.45, 2.75) is 173 Å². The van der Waals surface area contributed by atoms with E-state index in [-0.39, 0.29) is 61.5 Å². The maximum Gasteiger partial charge on any atom is 0.410 e. The number of Topliss-reactive ketones (excluding diaryl/α,β-unsaturated/α-hetero) is 1. The van der Waals surface area contributed by atoms with Gasteiger partial charge in [0.1, 0.15) is 11.4 Å². The van der Waals surface area contributed by atoms with E-state index in [2.05, 4.69) is 4.90 Å². The number of halogens is 4. The first kappa shape index (κ1) is 48.7. The van der Waals surface area contributed by atoms with Gasteiger partial charge in [-0.15, -0.1) is 0 Å². The fraction of sp³-hybridized carbons (Fsp3) is 0.913. The molecule has 8 fully saturated rings. The Labute approximate surface area is 367 Å². The molecule has 5 heterocycles. The topological polar surface area (TPSA) is 112 Å². The summed E-state index contributed by atoms with van der Waals surface area (Å²) < 4.78 is 69.8. The van der Waals surface area contributed by atoms with E-state index in [0.717, 1.165) is 103 Å². The molecule has 3 aliphatic carbocycles. The lowest BCUT2D eigenvalue weighted by atomic mass is 9.64. The monoisotopic (exact) mass is 886 g/mol. The van der Waals surface area contributed by atoms with Gasteiger partial charge in [-0.2, -0.15) is 0 Å². The van der Waals surface area contributed by atoms with Crippen molar-refractivity contribution >= 4 is 23.9 Å². The van der Waals surface area contributed by atoms with Crippen molar-refractivity contribution in [2.24, 2.45) is 16.7 Å². The van der Waals surface area contributed by atoms with Crippen LogP contribution in [0.2, 0.25) is 0 Å². The highest BCUT2D eigenvalue weighted by atomic mass is 19.3. The Morgan fingerprint density at radius 1 is 0.597 bits per heavy atom. The van der Waals surface area contributed by atoms with Crippen LogP contribution < -0.4 is 0 Å². The first-order valence-corrected chi connectivity index (χ1v) is 23.8. The minimum absolute atomic E-state index is 0.000252. The number of amides is 2. The third-order valence-electron chi connectivity index (χ3n) is 14.8. The van der Waals surface area contributed by atoms with Crippen LogP contribution in [0.3, 0.4) is 0 Å². The molecule has 0 aromatic heterocycles. The second kappa shape index (κ2) is 20.2. The van der Waals surface area contributed by atoms with Crippen molar-refractivity contribution in [1.29, 1.82) is 0 Å². The SMILES string of the molecule is CC(C)(C)OC(=O)N1CCC(N2CCCC(F)(F)C2)CC1.CCOC(=O)C1CCC2(CC(=O)C2)C1.CCOC(=O)N1CCC2(CC(N3CCC(N4CCCC(F)(F)C4)CC3)C2)C1. The molecule has 5 aliphatic heterocycles. The molecule has 8 rings (SSSR count). The number of ketones is 1. The summed E-state index contributed by atoms with van der Waals surface area (Å²) in [5, 5.41) is 0. The van der Waals surface area contributed by atoms with Crippen LogP contribution in [-0.4, -0.2) is 163 Å². The van der Waals surface area contributed by atoms with E-state index in [1.807, 2.05) is 49.3 Å². The molecule has 5 saturated heterocycles. The minimum atomic E-state index is -2.56. The lowest BCUT2D eigenvalue weighted by Crippen LogP contribution is -2.57. The lowest BCUT2D eigenvalue weighted by molar-refractivity contribution is -0.149. The number of hydrogen-bond acceptors (Lipinski definition) is 10. The fourth-order valence-electron chi connectivity index (χ4n) is 11.6. The zero-order valence-electron chi connectivity index (χ0n) is 38.2. The highest BCUT2D eigenvalue weighted by molar-refractivity contribution is 5.86. The number of hydrogen-bond donors (Lipinski definition) is 0. The van der Waals surface area contributed by atoms with Gasteiger partial charge in [0.2, 0.25) is 0 Å². The molecule has 0 aromatic carbocycles. The zero-order valence-corrected chi connectivity index (χ0v) is 38.2. The molecule has 0 N–H and O–H groups in total. The van der Waals surface area contributed by atoms with Gasteiger partial charge in [-0.1, -0.05) is 0 Å². The van der Waals surface area contributed by atoms with Crippen molar-refractivity contribution in [3.8, 4) is 0 Å². The number of piperidine rings is 4. The average Bonchev–Trinajstić information content (AvgIpc) is 3.84. The highest BCUT2D eigenvalue weighted by Crippen LogP contribution is 2.54. The summed E-state index contributed by atoms with van der Waals surface area (Å²) >= 11 is 0. The standard InChI is InChI=1S/C20H33F2N3O2.C15H26F2N2O2.C11H16O3/c1-2-27-18(26)25-11-7-19(14-25)12-17(13-19)23-9-4-16(5-10-23)24-8-3-6-20(21,22)15-24;1-14(2,3)21-13(20)18-9-5-12(6-10-18)19-8-4-7-15(16,17)11-19;1-2-14-10(13)8-3-4-11(5-8)6-9(12)7-11/h16-17H,2-15H2,1H3;12H,4-11H2,1-3H3;8H,2-7H2,1H3. The van der Waals surface area contributed by atoms with Gasteiger partial charge in [0.05, 0.1) is 32.2 Å². The summed E-state index contributed by atoms with van der Waals surface area (Å²) in [4.78, 5) is 56.3. The summed E-state index contributed by atoms with van der Waals surface area (Å²) in [6.07, 6.45) is 11.9. The highest BCUT2D eigenvalue weighted by Gasteiger charge is 2.52. The Bertz CT molecular complexity index is 1530. The summed E-state index contributed by atoms with van der Waals surface area (Å²) in [5.74, 6) is -4.70. The number of ether oxygens (including phenoxy) is 3. The Hall–Kier alpha value is -2.72. The maximum absolute atomic E-state index is 13.7. The van der Waals surface area contributed by atoms with Crippen LogP contribution in [0.5, 0.6) is 0 Å². The third kappa shape index (κ3) is 13.0. The molecule has 1 unspecified atom stereocenters. The van der Waals surface area contributed by atoms with Crippen molar-refractivity contribution in [2.75, 3.05) is 78.7 Å². The number of carbonyl (C=O) groups is 4. The number of nitrogens with zero attached hydrogens (tertiary/aromatic N) is 5. The number of carbonyl (C=O) groups excluding carboxylic acids is 4. The number of rotatable bonds is 6. The molecule has 12 nitrogen and oxygen atoms in total. The summed E-state index contributed by atoms with van der Waals surface area (Å²) in [6, 6.07) is 1.10. The van der Waals surface area contributed by atoms with Gasteiger partial charge in [0.25, 0.3) is 11.8 Å². The molecule has 0 aromatic rings. The van der Waals surface area contributed by atoms with Gasteiger partial charge in [0.15, 0.2) is 0 Å². The lowest BCUT2D eigenvalue weighted by Gasteiger charge is -2.52. The molecule has 62 heavy (non-hydrogen) atoms. The van der Waals surface area contributed by atoms with Gasteiger partial charge in [0, 0.05) is 70.0 Å². The molecule has 8 aliphatic rings. The first-order valence-electron chi connectivity index (χ1n) is 23.8. The van der Waals surface area contributed by atoms with Gasteiger partial charge >= 0.3 is 18.2 Å². The molecular formula is C46H75F4N5O7. The Balaban J connectivity index is 0.000000163. The van der Waals surface area contributed by atoms with Crippen LogP contribution in [0, 0.1) is 16.7 Å². The van der Waals surface area contributed by atoms with Crippen LogP contribution in [0.15, 0.2) is 0 Å². The van der Waals surface area contributed by atoms with Crippen molar-refractivity contribution in [1.82, 2.24) is 24.5 Å². The third-order valence-corrected chi connectivity index (χ3v) is 14.8. The van der Waals surface area contributed by atoms with Gasteiger partial charge in [-0.05, 0) is 149 Å². The second-order valence-corrected chi connectivity index (χ2v) is 20.8. The van der Waals surface area contributed by atoms with Crippen LogP contribution >= 0.6 is 0 Å². The molecule has 16 heteroatoms. The number of likely N-dealkylation sites (tertiary alicyclic amines) is 5. The molecule has 2 amide bonds. The van der Waals surface area contributed by atoms with E-state index < -0.39 is 17.4 Å². The fourth-order valence-corrected chi connectivity index (χ4v) is 11.6. The van der Waals surface area contributed by atoms with Crippen LogP contribution in [0.4, 0.5) is 27.2 Å². The predicted octanol–water partition coefficient (Wildman–Crippen LogP) is 8.01. The molecule has 2 spiro atoms. The van der Waals surface area contributed by atoms with E-state index in [9.17, 15) is 36.7 Å². The quantitative estimate of drug-likeness (QED) is 0.148. The normalized spacial score (nSPS) is 30.4. The largest absolute Gasteiger partial charge is 0.466 e. The van der Waals surface area contributed by atoms with Crippen molar-refractivity contribution < 1.29 is 51.0 Å². The number of esters is 1. The van der Waals surface area contributed by atoms with Crippen molar-refractivity contribution in [3.63, 3.8) is 0 Å². The van der Waals surface area contributed by atoms with E-state index >= 15 is 0 Å².